The maximum Gasteiger partial charge on any atom is 0.213 e. The fraction of sp³-hybridized carbons (Fsp3) is 0.778. The molecule has 0 radical (unpaired) electrons. The molecule has 0 amide bonds. The highest BCUT2D eigenvalue weighted by atomic mass is 35.5. The Morgan fingerprint density at radius 1 is 1.43 bits per heavy atom. The average molecular weight is 254 g/mol. The van der Waals surface area contributed by atoms with Crippen LogP contribution in [0.2, 0.25) is 0 Å². The molecule has 2 aliphatic heterocycles. The fourth-order valence-corrected chi connectivity index (χ4v) is 3.15. The molecule has 0 aromatic heterocycles. The van der Waals surface area contributed by atoms with Crippen molar-refractivity contribution in [3.63, 3.8) is 0 Å². The number of hydrogen-bond donors (Lipinski definition) is 1. The lowest BCUT2D eigenvalue weighted by Crippen LogP contribution is -2.39. The predicted octanol–water partition coefficient (Wildman–Crippen LogP) is 2.52. The van der Waals surface area contributed by atoms with Gasteiger partial charge in [0, 0.05) is 0 Å². The SMILES string of the molecule is ClC1C=CSC1(Cl)OC1CCNCC1. The van der Waals surface area contributed by atoms with E-state index >= 15 is 0 Å². The lowest BCUT2D eigenvalue weighted by Gasteiger charge is -2.32. The minimum atomic E-state index is -0.774. The van der Waals surface area contributed by atoms with Crippen molar-refractivity contribution in [2.45, 2.75) is 28.7 Å². The monoisotopic (exact) mass is 253 g/mol. The van der Waals surface area contributed by atoms with Gasteiger partial charge >= 0.3 is 0 Å². The molecule has 14 heavy (non-hydrogen) atoms. The van der Waals surface area contributed by atoms with Crippen LogP contribution in [0.3, 0.4) is 0 Å². The van der Waals surface area contributed by atoms with E-state index in [1.165, 1.54) is 11.8 Å². The van der Waals surface area contributed by atoms with Gasteiger partial charge in [0.1, 0.15) is 5.38 Å². The van der Waals surface area contributed by atoms with Crippen LogP contribution in [0.25, 0.3) is 0 Å². The number of halogens is 2. The van der Waals surface area contributed by atoms with Crippen molar-refractivity contribution in [2.24, 2.45) is 0 Å². The highest BCUT2D eigenvalue weighted by molar-refractivity contribution is 8.04. The minimum absolute atomic E-state index is 0.232. The summed E-state index contributed by atoms with van der Waals surface area (Å²) in [5.41, 5.74) is 0. The fourth-order valence-electron chi connectivity index (χ4n) is 1.61. The Labute approximate surface area is 98.4 Å². The van der Waals surface area contributed by atoms with Crippen molar-refractivity contribution in [1.29, 1.82) is 0 Å². The number of rotatable bonds is 2. The van der Waals surface area contributed by atoms with Crippen LogP contribution in [0.4, 0.5) is 0 Å². The van der Waals surface area contributed by atoms with Crippen molar-refractivity contribution in [1.82, 2.24) is 5.32 Å². The Hall–Kier alpha value is 0.590. The number of ether oxygens (including phenoxy) is 1. The lowest BCUT2D eigenvalue weighted by molar-refractivity contribution is -0.000505. The molecule has 2 aliphatic rings. The Kier molecular flexibility index (Phi) is 3.66. The van der Waals surface area contributed by atoms with Crippen LogP contribution >= 0.6 is 35.0 Å². The molecule has 0 spiro atoms. The summed E-state index contributed by atoms with van der Waals surface area (Å²) in [6.07, 6.45) is 4.14. The van der Waals surface area contributed by atoms with Gasteiger partial charge in [-0.05, 0) is 31.3 Å². The van der Waals surface area contributed by atoms with Gasteiger partial charge in [-0.2, -0.15) is 0 Å². The van der Waals surface area contributed by atoms with Crippen molar-refractivity contribution < 1.29 is 4.74 Å². The van der Waals surface area contributed by atoms with E-state index in [9.17, 15) is 0 Å². The van der Waals surface area contributed by atoms with Gasteiger partial charge in [-0.3, -0.25) is 0 Å². The first kappa shape index (κ1) is 11.1. The summed E-state index contributed by atoms with van der Waals surface area (Å²) in [5.74, 6) is 0. The van der Waals surface area contributed by atoms with Crippen molar-refractivity contribution in [3.8, 4) is 0 Å². The summed E-state index contributed by atoms with van der Waals surface area (Å²) in [5, 5.41) is 4.96. The second-order valence-corrected chi connectivity index (χ2v) is 5.87. The van der Waals surface area contributed by atoms with E-state index in [2.05, 4.69) is 5.32 Å². The zero-order valence-corrected chi connectivity index (χ0v) is 10.0. The van der Waals surface area contributed by atoms with Gasteiger partial charge in [0.05, 0.1) is 6.10 Å². The summed E-state index contributed by atoms with van der Waals surface area (Å²) < 4.78 is 5.07. The third kappa shape index (κ3) is 2.39. The van der Waals surface area contributed by atoms with Gasteiger partial charge in [0.2, 0.25) is 4.39 Å². The van der Waals surface area contributed by atoms with Crippen LogP contribution in [-0.4, -0.2) is 29.0 Å². The summed E-state index contributed by atoms with van der Waals surface area (Å²) in [6.45, 7) is 2.01. The van der Waals surface area contributed by atoms with Gasteiger partial charge in [-0.25, -0.2) is 0 Å². The number of thioether (sulfide) groups is 1. The summed E-state index contributed by atoms with van der Waals surface area (Å²) in [7, 11) is 0. The third-order valence-corrected chi connectivity index (χ3v) is 4.67. The van der Waals surface area contributed by atoms with Gasteiger partial charge < -0.3 is 10.1 Å². The van der Waals surface area contributed by atoms with Crippen LogP contribution in [0.15, 0.2) is 11.5 Å². The lowest BCUT2D eigenvalue weighted by atomic mass is 10.1. The van der Waals surface area contributed by atoms with E-state index in [4.69, 9.17) is 27.9 Å². The highest BCUT2D eigenvalue weighted by Crippen LogP contribution is 2.45. The molecule has 5 heteroatoms. The van der Waals surface area contributed by atoms with E-state index < -0.39 is 4.39 Å². The molecule has 1 fully saturated rings. The summed E-state index contributed by atoms with van der Waals surface area (Å²) in [4.78, 5) is 0. The topological polar surface area (TPSA) is 21.3 Å². The normalized spacial score (nSPS) is 39.1. The van der Waals surface area contributed by atoms with E-state index in [1.54, 1.807) is 0 Å². The molecular weight excluding hydrogens is 241 g/mol. The smallest absolute Gasteiger partial charge is 0.213 e. The molecule has 2 heterocycles. The van der Waals surface area contributed by atoms with E-state index in [-0.39, 0.29) is 11.5 Å². The van der Waals surface area contributed by atoms with Crippen LogP contribution in [0, 0.1) is 0 Å². The maximum atomic E-state index is 6.28. The van der Waals surface area contributed by atoms with Crippen molar-refractivity contribution in [3.05, 3.63) is 11.5 Å². The molecule has 1 saturated heterocycles. The molecule has 1 N–H and O–H groups in total. The molecular formula is C9H13Cl2NOS. The maximum absolute atomic E-state index is 6.28. The van der Waals surface area contributed by atoms with E-state index in [0.717, 1.165) is 25.9 Å². The van der Waals surface area contributed by atoms with Crippen LogP contribution in [0.1, 0.15) is 12.8 Å². The first-order valence-electron chi connectivity index (χ1n) is 4.77. The Morgan fingerprint density at radius 2 is 2.14 bits per heavy atom. The zero-order chi connectivity index (χ0) is 10.0. The second-order valence-electron chi connectivity index (χ2n) is 3.50. The average Bonchev–Trinajstić information content (AvgIpc) is 2.48. The van der Waals surface area contributed by atoms with Crippen LogP contribution in [0.5, 0.6) is 0 Å². The number of piperidine rings is 1. The zero-order valence-electron chi connectivity index (χ0n) is 7.71. The summed E-state index contributed by atoms with van der Waals surface area (Å²) in [6, 6.07) is 0. The van der Waals surface area contributed by atoms with Gasteiger partial charge in [-0.15, -0.1) is 11.6 Å². The third-order valence-electron chi connectivity index (χ3n) is 2.42. The summed E-state index contributed by atoms with van der Waals surface area (Å²) >= 11 is 13.8. The molecule has 0 aromatic rings. The predicted molar refractivity (Wildman–Crippen MR) is 61.9 cm³/mol. The first-order valence-corrected chi connectivity index (χ1v) is 6.46. The Bertz CT molecular complexity index is 233. The Morgan fingerprint density at radius 3 is 2.71 bits per heavy atom. The number of nitrogens with one attached hydrogen (secondary N) is 1. The number of hydrogen-bond acceptors (Lipinski definition) is 3. The molecule has 0 aromatic carbocycles. The molecule has 2 rings (SSSR count). The van der Waals surface area contributed by atoms with Crippen molar-refractivity contribution >= 4 is 35.0 Å². The van der Waals surface area contributed by atoms with Crippen LogP contribution < -0.4 is 5.32 Å². The molecule has 0 aliphatic carbocycles. The van der Waals surface area contributed by atoms with Gasteiger partial charge in [0.25, 0.3) is 0 Å². The second kappa shape index (κ2) is 4.62. The van der Waals surface area contributed by atoms with Gasteiger partial charge in [0.15, 0.2) is 0 Å². The Balaban J connectivity index is 1.89. The van der Waals surface area contributed by atoms with Crippen LogP contribution in [-0.2, 0) is 4.74 Å². The molecule has 0 bridgehead atoms. The quantitative estimate of drug-likeness (QED) is 0.765. The minimum Gasteiger partial charge on any atom is -0.345 e. The molecule has 2 unspecified atom stereocenters. The largest absolute Gasteiger partial charge is 0.345 e. The number of alkyl halides is 2. The van der Waals surface area contributed by atoms with E-state index in [1.807, 2.05) is 11.5 Å². The molecule has 2 nitrogen and oxygen atoms in total. The molecule has 80 valence electrons. The standard InChI is InChI=1S/C9H13Cl2NOS/c10-8-3-6-14-9(8,11)13-7-1-4-12-5-2-7/h3,6-8,12H,1-2,4-5H2. The highest BCUT2D eigenvalue weighted by Gasteiger charge is 2.41. The first-order chi connectivity index (χ1) is 6.71. The van der Waals surface area contributed by atoms with Gasteiger partial charge in [-0.1, -0.05) is 29.4 Å². The molecule has 0 saturated carbocycles. The van der Waals surface area contributed by atoms with Crippen molar-refractivity contribution in [2.75, 3.05) is 13.1 Å². The molecule has 2 atom stereocenters. The van der Waals surface area contributed by atoms with E-state index in [0.29, 0.717) is 0 Å².